The predicted molar refractivity (Wildman–Crippen MR) is 127 cm³/mol. The quantitative estimate of drug-likeness (QED) is 0.325. The molecule has 1 atom stereocenters. The summed E-state index contributed by atoms with van der Waals surface area (Å²) in [5, 5.41) is 7.90. The first-order valence-electron chi connectivity index (χ1n) is 9.71. The number of rotatable bonds is 8. The van der Waals surface area contributed by atoms with Gasteiger partial charge in [0.25, 0.3) is 0 Å². The van der Waals surface area contributed by atoms with E-state index in [0.29, 0.717) is 19.0 Å². The molecule has 0 amide bonds. The van der Waals surface area contributed by atoms with E-state index in [0.717, 1.165) is 18.1 Å². The van der Waals surface area contributed by atoms with E-state index < -0.39 is 0 Å². The molecule has 0 aliphatic rings. The van der Waals surface area contributed by atoms with E-state index in [-0.39, 0.29) is 41.6 Å². The number of hydrogen-bond acceptors (Lipinski definition) is 3. The van der Waals surface area contributed by atoms with Crippen molar-refractivity contribution in [2.75, 3.05) is 20.6 Å². The molecule has 8 heteroatoms. The van der Waals surface area contributed by atoms with E-state index in [9.17, 15) is 4.39 Å². The minimum absolute atomic E-state index is 0. The van der Waals surface area contributed by atoms with Crippen molar-refractivity contribution in [3.63, 3.8) is 0 Å². The van der Waals surface area contributed by atoms with Gasteiger partial charge < -0.3 is 15.0 Å². The van der Waals surface area contributed by atoms with Gasteiger partial charge in [0.1, 0.15) is 6.10 Å². The number of halogens is 2. The molecule has 0 saturated carbocycles. The van der Waals surface area contributed by atoms with Crippen molar-refractivity contribution in [2.45, 2.75) is 45.8 Å². The standard InChI is InChI=1S/C21H32FN5O.HI/c1-7-17(28-19-11-9-8-10-18(19)22)12-24-21(23-4)26(5)13-16-14-27(6)25-20(16)15(2)3;/h8-11,14-15,17H,7,12-13H2,1-6H3,(H,23,24);1H. The van der Waals surface area contributed by atoms with Crippen LogP contribution in [0.1, 0.15) is 44.4 Å². The van der Waals surface area contributed by atoms with E-state index in [1.54, 1.807) is 25.2 Å². The number of aliphatic imine (C=N–C) groups is 1. The molecule has 162 valence electrons. The number of para-hydroxylation sites is 1. The topological polar surface area (TPSA) is 54.7 Å². The Hall–Kier alpha value is -1.84. The predicted octanol–water partition coefficient (Wildman–Crippen LogP) is 4.17. The SMILES string of the molecule is CCC(CNC(=NC)N(C)Cc1cn(C)nc1C(C)C)Oc1ccccc1F.I. The van der Waals surface area contributed by atoms with Crippen LogP contribution >= 0.6 is 24.0 Å². The third-order valence-corrected chi connectivity index (χ3v) is 4.54. The number of ether oxygens (including phenoxy) is 1. The van der Waals surface area contributed by atoms with Crippen molar-refractivity contribution < 1.29 is 9.13 Å². The fourth-order valence-corrected chi connectivity index (χ4v) is 3.07. The summed E-state index contributed by atoms with van der Waals surface area (Å²) < 4.78 is 21.5. The summed E-state index contributed by atoms with van der Waals surface area (Å²) >= 11 is 0. The maximum atomic E-state index is 13.8. The summed E-state index contributed by atoms with van der Waals surface area (Å²) in [5.41, 5.74) is 2.27. The van der Waals surface area contributed by atoms with Gasteiger partial charge in [-0.25, -0.2) is 4.39 Å². The van der Waals surface area contributed by atoms with E-state index in [2.05, 4.69) is 40.4 Å². The number of nitrogens with zero attached hydrogens (tertiary/aromatic N) is 4. The van der Waals surface area contributed by atoms with E-state index in [1.807, 2.05) is 25.7 Å². The van der Waals surface area contributed by atoms with Crippen LogP contribution in [0.15, 0.2) is 35.5 Å². The molecule has 0 fully saturated rings. The Bertz CT molecular complexity index is 793. The van der Waals surface area contributed by atoms with Crippen LogP contribution in [0.5, 0.6) is 5.75 Å². The van der Waals surface area contributed by atoms with E-state index in [4.69, 9.17) is 4.74 Å². The van der Waals surface area contributed by atoms with E-state index >= 15 is 0 Å². The minimum Gasteiger partial charge on any atom is -0.486 e. The fraction of sp³-hybridized carbons (Fsp3) is 0.524. The zero-order chi connectivity index (χ0) is 20.7. The van der Waals surface area contributed by atoms with Gasteiger partial charge in [0.05, 0.1) is 12.2 Å². The van der Waals surface area contributed by atoms with Gasteiger partial charge >= 0.3 is 0 Å². The smallest absolute Gasteiger partial charge is 0.193 e. The molecule has 6 nitrogen and oxygen atoms in total. The molecule has 0 radical (unpaired) electrons. The molecular weight excluding hydrogens is 484 g/mol. The lowest BCUT2D eigenvalue weighted by molar-refractivity contribution is 0.190. The molecular formula is C21H33FIN5O. The molecule has 0 saturated heterocycles. The summed E-state index contributed by atoms with van der Waals surface area (Å²) in [7, 11) is 5.68. The van der Waals surface area contributed by atoms with Gasteiger partial charge in [-0.05, 0) is 24.5 Å². The molecule has 0 aliphatic heterocycles. The lowest BCUT2D eigenvalue weighted by atomic mass is 10.1. The van der Waals surface area contributed by atoms with E-state index in [1.165, 1.54) is 11.6 Å². The van der Waals surface area contributed by atoms with Crippen molar-refractivity contribution in [2.24, 2.45) is 12.0 Å². The number of aryl methyl sites for hydroxylation is 1. The lowest BCUT2D eigenvalue weighted by Gasteiger charge is -2.25. The van der Waals surface area contributed by atoms with Gasteiger partial charge in [0, 0.05) is 39.4 Å². The highest BCUT2D eigenvalue weighted by Gasteiger charge is 2.17. The number of aromatic nitrogens is 2. The first kappa shape index (κ1) is 25.2. The average Bonchev–Trinajstić information content (AvgIpc) is 3.03. The van der Waals surface area contributed by atoms with Gasteiger partial charge in [0.2, 0.25) is 0 Å². The summed E-state index contributed by atoms with van der Waals surface area (Å²) in [6, 6.07) is 6.48. The van der Waals surface area contributed by atoms with Crippen LogP contribution < -0.4 is 10.1 Å². The first-order chi connectivity index (χ1) is 13.3. The summed E-state index contributed by atoms with van der Waals surface area (Å²) in [6.45, 7) is 7.54. The summed E-state index contributed by atoms with van der Waals surface area (Å²) in [5.74, 6) is 1.05. The number of nitrogens with one attached hydrogen (secondary N) is 1. The van der Waals surface area contributed by atoms with Crippen molar-refractivity contribution in [3.05, 3.63) is 47.5 Å². The summed E-state index contributed by atoms with van der Waals surface area (Å²) in [6.07, 6.45) is 2.64. The maximum Gasteiger partial charge on any atom is 0.193 e. The molecule has 1 unspecified atom stereocenters. The van der Waals surface area contributed by atoms with Gasteiger partial charge in [-0.15, -0.1) is 24.0 Å². The van der Waals surface area contributed by atoms with Crippen LogP contribution in [0.3, 0.4) is 0 Å². The highest BCUT2D eigenvalue weighted by Crippen LogP contribution is 2.19. The van der Waals surface area contributed by atoms with Crippen LogP contribution in [0, 0.1) is 5.82 Å². The summed E-state index contributed by atoms with van der Waals surface area (Å²) in [4.78, 5) is 6.43. The second-order valence-electron chi connectivity index (χ2n) is 7.23. The Balaban J connectivity index is 0.00000420. The highest BCUT2D eigenvalue weighted by atomic mass is 127. The number of guanidine groups is 1. The molecule has 0 spiro atoms. The van der Waals surface area contributed by atoms with Crippen molar-refractivity contribution >= 4 is 29.9 Å². The molecule has 1 aromatic carbocycles. The molecule has 2 aromatic rings. The van der Waals surface area contributed by atoms with Gasteiger partial charge in [0.15, 0.2) is 17.5 Å². The molecule has 0 bridgehead atoms. The van der Waals surface area contributed by atoms with Crippen LogP contribution in [-0.4, -0.2) is 47.4 Å². The largest absolute Gasteiger partial charge is 0.486 e. The molecule has 1 N–H and O–H groups in total. The average molecular weight is 517 g/mol. The zero-order valence-electron chi connectivity index (χ0n) is 18.1. The van der Waals surface area contributed by atoms with Crippen LogP contribution in [0.4, 0.5) is 4.39 Å². The molecule has 1 heterocycles. The minimum atomic E-state index is -0.347. The van der Waals surface area contributed by atoms with Crippen LogP contribution in [-0.2, 0) is 13.6 Å². The Morgan fingerprint density at radius 3 is 2.62 bits per heavy atom. The van der Waals surface area contributed by atoms with Gasteiger partial charge in [-0.1, -0.05) is 32.9 Å². The van der Waals surface area contributed by atoms with Crippen molar-refractivity contribution in [3.8, 4) is 5.75 Å². The zero-order valence-corrected chi connectivity index (χ0v) is 20.5. The normalized spacial score (nSPS) is 12.5. The number of benzene rings is 1. The van der Waals surface area contributed by atoms with Gasteiger partial charge in [-0.3, -0.25) is 9.67 Å². The monoisotopic (exact) mass is 517 g/mol. The Morgan fingerprint density at radius 1 is 1.34 bits per heavy atom. The molecule has 1 aromatic heterocycles. The van der Waals surface area contributed by atoms with Gasteiger partial charge in [-0.2, -0.15) is 5.10 Å². The molecule has 2 rings (SSSR count). The Labute approximate surface area is 190 Å². The number of hydrogen-bond donors (Lipinski definition) is 1. The lowest BCUT2D eigenvalue weighted by Crippen LogP contribution is -2.43. The Kier molecular flexibility index (Phi) is 10.4. The third kappa shape index (κ3) is 7.17. The second-order valence-corrected chi connectivity index (χ2v) is 7.23. The third-order valence-electron chi connectivity index (χ3n) is 4.54. The first-order valence-corrected chi connectivity index (χ1v) is 9.71. The molecule has 0 aliphatic carbocycles. The van der Waals surface area contributed by atoms with Crippen molar-refractivity contribution in [1.82, 2.24) is 20.0 Å². The maximum absolute atomic E-state index is 13.8. The van der Waals surface area contributed by atoms with Crippen LogP contribution in [0.2, 0.25) is 0 Å². The van der Waals surface area contributed by atoms with Crippen LogP contribution in [0.25, 0.3) is 0 Å². The Morgan fingerprint density at radius 2 is 2.03 bits per heavy atom. The second kappa shape index (κ2) is 12.0. The fourth-order valence-electron chi connectivity index (χ4n) is 3.07. The highest BCUT2D eigenvalue weighted by molar-refractivity contribution is 14.0. The molecule has 29 heavy (non-hydrogen) atoms. The van der Waals surface area contributed by atoms with Crippen molar-refractivity contribution in [1.29, 1.82) is 0 Å².